The average Bonchev–Trinajstić information content (AvgIpc) is 2.39. The van der Waals surface area contributed by atoms with Crippen LogP contribution in [-0.4, -0.2) is 10.8 Å². The van der Waals surface area contributed by atoms with E-state index in [0.29, 0.717) is 11.5 Å². The highest BCUT2D eigenvalue weighted by molar-refractivity contribution is 6.00. The Hall–Kier alpha value is -2.27. The number of aromatic hydroxyl groups is 1. The van der Waals surface area contributed by atoms with Gasteiger partial charge in [0.1, 0.15) is 17.1 Å². The zero-order valence-corrected chi connectivity index (χ0v) is 13.7. The van der Waals surface area contributed by atoms with E-state index in [4.69, 9.17) is 4.42 Å². The largest absolute Gasteiger partial charge is 0.507 e. The number of hydrogen-bond donors (Lipinski definition) is 2. The van der Waals surface area contributed by atoms with Gasteiger partial charge >= 0.3 is 5.63 Å². The standard InChI is InChI=1S/C16H18N2O3.ClH/c1-9-6-5-7-13(11(9)3)18-17-12(4)15-14(19)8-10(2)21-16(15)20;/h5-8,18-19H,1-4H3;1H/b17-12+;. The van der Waals surface area contributed by atoms with E-state index in [1.807, 2.05) is 32.0 Å². The van der Waals surface area contributed by atoms with Gasteiger partial charge in [0.25, 0.3) is 0 Å². The molecule has 0 saturated carbocycles. The number of hydrazone groups is 1. The Bertz CT molecular complexity index is 766. The van der Waals surface area contributed by atoms with Crippen LogP contribution in [0.1, 0.15) is 29.4 Å². The summed E-state index contributed by atoms with van der Waals surface area (Å²) in [5.74, 6) is 0.226. The number of hydrogen-bond acceptors (Lipinski definition) is 5. The minimum Gasteiger partial charge on any atom is -0.507 e. The van der Waals surface area contributed by atoms with Gasteiger partial charge in [-0.1, -0.05) is 12.1 Å². The third-order valence-electron chi connectivity index (χ3n) is 3.36. The molecule has 2 N–H and O–H groups in total. The van der Waals surface area contributed by atoms with Gasteiger partial charge in [-0.15, -0.1) is 12.4 Å². The molecule has 0 atom stereocenters. The molecule has 0 aliphatic heterocycles. The molecule has 1 aromatic carbocycles. The smallest absolute Gasteiger partial charge is 0.348 e. The fourth-order valence-electron chi connectivity index (χ4n) is 2.00. The van der Waals surface area contributed by atoms with Crippen molar-refractivity contribution in [2.75, 3.05) is 5.43 Å². The summed E-state index contributed by atoms with van der Waals surface area (Å²) in [5.41, 5.74) is 5.82. The first-order chi connectivity index (χ1) is 9.90. The SMILES string of the molecule is C/C(=N\Nc1cccc(C)c1C)c1c(O)cc(C)oc1=O.Cl. The highest BCUT2D eigenvalue weighted by Gasteiger charge is 2.13. The van der Waals surface area contributed by atoms with Crippen LogP contribution in [0.3, 0.4) is 0 Å². The summed E-state index contributed by atoms with van der Waals surface area (Å²) in [6, 6.07) is 7.23. The average molecular weight is 323 g/mol. The topological polar surface area (TPSA) is 74.8 Å². The van der Waals surface area contributed by atoms with Crippen molar-refractivity contribution in [1.29, 1.82) is 0 Å². The summed E-state index contributed by atoms with van der Waals surface area (Å²) < 4.78 is 4.98. The molecule has 118 valence electrons. The van der Waals surface area contributed by atoms with Crippen molar-refractivity contribution < 1.29 is 9.52 Å². The molecule has 0 fully saturated rings. The van der Waals surface area contributed by atoms with E-state index in [-0.39, 0.29) is 23.7 Å². The van der Waals surface area contributed by atoms with Crippen LogP contribution < -0.4 is 11.1 Å². The van der Waals surface area contributed by atoms with Gasteiger partial charge in [0, 0.05) is 6.07 Å². The molecule has 0 radical (unpaired) electrons. The molecular weight excluding hydrogens is 304 g/mol. The number of anilines is 1. The fraction of sp³-hybridized carbons (Fsp3) is 0.250. The molecule has 0 spiro atoms. The van der Waals surface area contributed by atoms with Crippen molar-refractivity contribution in [2.45, 2.75) is 27.7 Å². The number of nitrogens with zero attached hydrogens (tertiary/aromatic N) is 1. The maximum atomic E-state index is 11.8. The van der Waals surface area contributed by atoms with Crippen LogP contribution in [0.4, 0.5) is 5.69 Å². The van der Waals surface area contributed by atoms with Crippen LogP contribution in [0.15, 0.2) is 38.6 Å². The molecule has 0 aliphatic rings. The molecular formula is C16H19ClN2O3. The van der Waals surface area contributed by atoms with Crippen LogP contribution in [0, 0.1) is 20.8 Å². The maximum absolute atomic E-state index is 11.8. The Morgan fingerprint density at radius 3 is 2.59 bits per heavy atom. The molecule has 1 heterocycles. The normalized spacial score (nSPS) is 11.0. The molecule has 2 aromatic rings. The van der Waals surface area contributed by atoms with Crippen molar-refractivity contribution in [3.8, 4) is 5.75 Å². The quantitative estimate of drug-likeness (QED) is 0.669. The summed E-state index contributed by atoms with van der Waals surface area (Å²) in [6.07, 6.45) is 0. The third-order valence-corrected chi connectivity index (χ3v) is 3.36. The van der Waals surface area contributed by atoms with Crippen LogP contribution in [0.5, 0.6) is 5.75 Å². The summed E-state index contributed by atoms with van der Waals surface area (Å²) >= 11 is 0. The first-order valence-electron chi connectivity index (χ1n) is 6.60. The Kier molecular flexibility index (Phi) is 5.77. The van der Waals surface area contributed by atoms with Crippen LogP contribution >= 0.6 is 12.4 Å². The highest BCUT2D eigenvalue weighted by atomic mass is 35.5. The minimum absolute atomic E-state index is 0. The summed E-state index contributed by atoms with van der Waals surface area (Å²) in [7, 11) is 0. The Morgan fingerprint density at radius 1 is 1.27 bits per heavy atom. The van der Waals surface area contributed by atoms with E-state index in [2.05, 4.69) is 10.5 Å². The molecule has 5 nitrogen and oxygen atoms in total. The van der Waals surface area contributed by atoms with Crippen LogP contribution in [-0.2, 0) is 0 Å². The van der Waals surface area contributed by atoms with Gasteiger partial charge in [0.05, 0.1) is 11.4 Å². The van der Waals surface area contributed by atoms with Crippen LogP contribution in [0.2, 0.25) is 0 Å². The van der Waals surface area contributed by atoms with E-state index in [1.165, 1.54) is 6.07 Å². The second-order valence-corrected chi connectivity index (χ2v) is 4.96. The van der Waals surface area contributed by atoms with Gasteiger partial charge in [-0.2, -0.15) is 5.10 Å². The van der Waals surface area contributed by atoms with E-state index >= 15 is 0 Å². The van der Waals surface area contributed by atoms with E-state index in [1.54, 1.807) is 13.8 Å². The van der Waals surface area contributed by atoms with E-state index < -0.39 is 5.63 Å². The third kappa shape index (κ3) is 3.68. The summed E-state index contributed by atoms with van der Waals surface area (Å²) in [5, 5.41) is 14.0. The van der Waals surface area contributed by atoms with Crippen molar-refractivity contribution in [1.82, 2.24) is 0 Å². The van der Waals surface area contributed by atoms with Gasteiger partial charge in [-0.3, -0.25) is 5.43 Å². The Balaban J connectivity index is 0.00000242. The first kappa shape index (κ1) is 17.8. The van der Waals surface area contributed by atoms with Crippen LogP contribution in [0.25, 0.3) is 0 Å². The van der Waals surface area contributed by atoms with Gasteiger partial charge < -0.3 is 9.52 Å². The Labute approximate surface area is 135 Å². The zero-order chi connectivity index (χ0) is 15.6. The summed E-state index contributed by atoms with van der Waals surface area (Å²) in [6.45, 7) is 7.24. The first-order valence-corrected chi connectivity index (χ1v) is 6.60. The lowest BCUT2D eigenvalue weighted by molar-refractivity contribution is 0.432. The van der Waals surface area contributed by atoms with Gasteiger partial charge in [0.2, 0.25) is 0 Å². The van der Waals surface area contributed by atoms with Gasteiger partial charge in [0.15, 0.2) is 0 Å². The molecule has 0 saturated heterocycles. The number of benzene rings is 1. The molecule has 22 heavy (non-hydrogen) atoms. The lowest BCUT2D eigenvalue weighted by Crippen LogP contribution is -2.14. The van der Waals surface area contributed by atoms with Gasteiger partial charge in [-0.25, -0.2) is 4.79 Å². The van der Waals surface area contributed by atoms with Gasteiger partial charge in [-0.05, 0) is 44.9 Å². The second-order valence-electron chi connectivity index (χ2n) is 4.96. The van der Waals surface area contributed by atoms with Crippen molar-refractivity contribution in [3.05, 3.63) is 57.1 Å². The number of aryl methyl sites for hydroxylation is 2. The highest BCUT2D eigenvalue weighted by Crippen LogP contribution is 2.19. The number of halogens is 1. The molecule has 0 unspecified atom stereocenters. The Morgan fingerprint density at radius 2 is 1.95 bits per heavy atom. The molecule has 0 amide bonds. The lowest BCUT2D eigenvalue weighted by atomic mass is 10.1. The molecule has 0 bridgehead atoms. The lowest BCUT2D eigenvalue weighted by Gasteiger charge is -2.09. The van der Waals surface area contributed by atoms with Crippen molar-refractivity contribution in [2.24, 2.45) is 5.10 Å². The molecule has 6 heteroatoms. The van der Waals surface area contributed by atoms with E-state index in [9.17, 15) is 9.90 Å². The number of nitrogens with one attached hydrogen (secondary N) is 1. The monoisotopic (exact) mass is 322 g/mol. The predicted octanol–water partition coefficient (Wildman–Crippen LogP) is 3.53. The molecule has 2 rings (SSSR count). The maximum Gasteiger partial charge on any atom is 0.348 e. The molecule has 0 aliphatic carbocycles. The van der Waals surface area contributed by atoms with E-state index in [0.717, 1.165) is 16.8 Å². The summed E-state index contributed by atoms with van der Waals surface area (Å²) in [4.78, 5) is 11.8. The zero-order valence-electron chi connectivity index (χ0n) is 12.9. The van der Waals surface area contributed by atoms with Crippen molar-refractivity contribution in [3.63, 3.8) is 0 Å². The molecule has 1 aromatic heterocycles. The number of rotatable bonds is 3. The second kappa shape index (κ2) is 7.13. The van der Waals surface area contributed by atoms with Crippen molar-refractivity contribution >= 4 is 23.8 Å². The minimum atomic E-state index is -0.600. The predicted molar refractivity (Wildman–Crippen MR) is 90.4 cm³/mol. The fourth-order valence-corrected chi connectivity index (χ4v) is 2.00.